The maximum atomic E-state index is 12.6. The highest BCUT2D eigenvalue weighted by Crippen LogP contribution is 2.12. The van der Waals surface area contributed by atoms with E-state index >= 15 is 0 Å². The minimum atomic E-state index is -1.19. The van der Waals surface area contributed by atoms with Gasteiger partial charge >= 0.3 is 5.97 Å². The predicted octanol–water partition coefficient (Wildman–Crippen LogP) is -0.372. The molecular weight excluding hydrogens is 392 g/mol. The molecule has 0 aromatic heterocycles. The Bertz CT molecular complexity index is 752. The number of carbonyl (C=O) groups is 4. The van der Waals surface area contributed by atoms with Crippen LogP contribution in [0, 0.1) is 5.92 Å². The van der Waals surface area contributed by atoms with Crippen molar-refractivity contribution in [1.82, 2.24) is 10.6 Å². The fraction of sp³-hybridized carbons (Fsp3) is 0.500. The summed E-state index contributed by atoms with van der Waals surface area (Å²) in [5.41, 5.74) is 11.8. The molecule has 0 unspecified atom stereocenters. The SMILES string of the molecule is CC[C@H](C)[C@H](NC(=O)[C@H](CCC(N)=O)NC(=O)[C@@H](N)Cc1ccc(O)cc1)C(=O)O. The van der Waals surface area contributed by atoms with Gasteiger partial charge in [0.15, 0.2) is 0 Å². The summed E-state index contributed by atoms with van der Waals surface area (Å²) in [6.07, 6.45) is 0.409. The van der Waals surface area contributed by atoms with Crippen molar-refractivity contribution in [2.24, 2.45) is 17.4 Å². The molecule has 8 N–H and O–H groups in total. The first-order valence-corrected chi connectivity index (χ1v) is 9.70. The number of rotatable bonds is 12. The standard InChI is InChI=1S/C20H30N4O6/c1-3-11(2)17(20(29)30)24-19(28)15(8-9-16(22)26)23-18(27)14(21)10-12-4-6-13(25)7-5-12/h4-7,11,14-15,17,25H,3,8-10,21H2,1-2H3,(H2,22,26)(H,23,27)(H,24,28)(H,29,30)/t11-,14-,15-,17-/m0/s1. The van der Waals surface area contributed by atoms with Gasteiger partial charge in [-0.15, -0.1) is 0 Å². The Morgan fingerprint density at radius 1 is 1.07 bits per heavy atom. The van der Waals surface area contributed by atoms with Crippen LogP contribution < -0.4 is 22.1 Å². The number of hydrogen-bond acceptors (Lipinski definition) is 6. The van der Waals surface area contributed by atoms with Crippen molar-refractivity contribution in [2.75, 3.05) is 0 Å². The lowest BCUT2D eigenvalue weighted by atomic mass is 9.98. The molecule has 0 bridgehead atoms. The van der Waals surface area contributed by atoms with E-state index in [0.29, 0.717) is 12.0 Å². The molecule has 0 heterocycles. The molecular formula is C20H30N4O6. The van der Waals surface area contributed by atoms with Gasteiger partial charge in [-0.25, -0.2) is 4.79 Å². The number of primary amides is 1. The lowest BCUT2D eigenvalue weighted by molar-refractivity contribution is -0.144. The van der Waals surface area contributed by atoms with Crippen LogP contribution in [0.2, 0.25) is 0 Å². The lowest BCUT2D eigenvalue weighted by Gasteiger charge is -2.25. The van der Waals surface area contributed by atoms with Gasteiger partial charge in [0, 0.05) is 6.42 Å². The number of carboxylic acid groups (broad SMARTS) is 1. The second-order valence-electron chi connectivity index (χ2n) is 7.25. The number of nitrogens with one attached hydrogen (secondary N) is 2. The fourth-order valence-corrected chi connectivity index (χ4v) is 2.75. The first-order valence-electron chi connectivity index (χ1n) is 9.70. The number of nitrogens with two attached hydrogens (primary N) is 2. The average Bonchev–Trinajstić information content (AvgIpc) is 2.69. The molecule has 1 rings (SSSR count). The van der Waals surface area contributed by atoms with E-state index in [1.807, 2.05) is 0 Å². The Hall–Kier alpha value is -3.14. The number of aliphatic carboxylic acids is 1. The summed E-state index contributed by atoms with van der Waals surface area (Å²) in [6, 6.07) is 2.85. The number of phenols is 1. The van der Waals surface area contributed by atoms with E-state index < -0.39 is 41.8 Å². The van der Waals surface area contributed by atoms with Crippen LogP contribution in [0.3, 0.4) is 0 Å². The third-order valence-corrected chi connectivity index (χ3v) is 4.82. The van der Waals surface area contributed by atoms with Gasteiger partial charge in [-0.05, 0) is 36.5 Å². The van der Waals surface area contributed by atoms with E-state index in [0.717, 1.165) is 0 Å². The third kappa shape index (κ3) is 8.08. The smallest absolute Gasteiger partial charge is 0.326 e. The van der Waals surface area contributed by atoms with Gasteiger partial charge in [0.25, 0.3) is 0 Å². The number of hydrogen-bond donors (Lipinski definition) is 6. The first kappa shape index (κ1) is 24.9. The molecule has 10 heteroatoms. The second kappa shape index (κ2) is 11.8. The molecule has 0 fully saturated rings. The first-order chi connectivity index (χ1) is 14.0. The van der Waals surface area contributed by atoms with Gasteiger partial charge in [0.2, 0.25) is 17.7 Å². The molecule has 0 saturated heterocycles. The summed E-state index contributed by atoms with van der Waals surface area (Å²) in [6.45, 7) is 3.48. The molecule has 1 aromatic carbocycles. The molecule has 0 saturated carbocycles. The zero-order valence-corrected chi connectivity index (χ0v) is 17.1. The van der Waals surface area contributed by atoms with Crippen molar-refractivity contribution < 1.29 is 29.4 Å². The summed E-state index contributed by atoms with van der Waals surface area (Å²) in [7, 11) is 0. The molecule has 0 aliphatic rings. The molecule has 30 heavy (non-hydrogen) atoms. The predicted molar refractivity (Wildman–Crippen MR) is 109 cm³/mol. The highest BCUT2D eigenvalue weighted by atomic mass is 16.4. The summed E-state index contributed by atoms with van der Waals surface area (Å²) in [4.78, 5) is 47.7. The fourth-order valence-electron chi connectivity index (χ4n) is 2.75. The van der Waals surface area contributed by atoms with Gasteiger partial charge in [0.1, 0.15) is 17.8 Å². The molecule has 0 aliphatic carbocycles. The maximum Gasteiger partial charge on any atom is 0.326 e. The zero-order valence-electron chi connectivity index (χ0n) is 17.1. The van der Waals surface area contributed by atoms with E-state index in [1.54, 1.807) is 26.0 Å². The number of phenolic OH excluding ortho intramolecular Hbond substituents is 1. The highest BCUT2D eigenvalue weighted by Gasteiger charge is 2.30. The van der Waals surface area contributed by atoms with Crippen LogP contribution in [0.4, 0.5) is 0 Å². The Kier molecular flexibility index (Phi) is 9.76. The topological polar surface area (TPSA) is 185 Å². The van der Waals surface area contributed by atoms with Gasteiger partial charge in [0.05, 0.1) is 6.04 Å². The number of benzene rings is 1. The largest absolute Gasteiger partial charge is 0.508 e. The number of amides is 3. The van der Waals surface area contributed by atoms with Gasteiger partial charge in [-0.3, -0.25) is 14.4 Å². The van der Waals surface area contributed by atoms with Gasteiger partial charge in [-0.1, -0.05) is 32.4 Å². The summed E-state index contributed by atoms with van der Waals surface area (Å²) in [5, 5.41) is 23.6. The van der Waals surface area contributed by atoms with E-state index in [1.165, 1.54) is 12.1 Å². The van der Waals surface area contributed by atoms with E-state index in [2.05, 4.69) is 10.6 Å². The van der Waals surface area contributed by atoms with Crippen molar-refractivity contribution in [3.63, 3.8) is 0 Å². The monoisotopic (exact) mass is 422 g/mol. The molecule has 0 radical (unpaired) electrons. The van der Waals surface area contributed by atoms with Crippen LogP contribution in [-0.2, 0) is 25.6 Å². The minimum absolute atomic E-state index is 0.0780. The second-order valence-corrected chi connectivity index (χ2v) is 7.25. The summed E-state index contributed by atoms with van der Waals surface area (Å²) >= 11 is 0. The number of carboxylic acids is 1. The van der Waals surface area contributed by atoms with E-state index in [9.17, 15) is 29.4 Å². The molecule has 1 aromatic rings. The third-order valence-electron chi connectivity index (χ3n) is 4.82. The number of carbonyl (C=O) groups excluding carboxylic acids is 3. The van der Waals surface area contributed by atoms with Crippen LogP contribution in [0.15, 0.2) is 24.3 Å². The normalized spacial score (nSPS) is 14.8. The molecule has 0 aliphatic heterocycles. The molecule has 166 valence electrons. The van der Waals surface area contributed by atoms with Gasteiger partial charge in [-0.2, -0.15) is 0 Å². The highest BCUT2D eigenvalue weighted by molar-refractivity contribution is 5.92. The van der Waals surface area contributed by atoms with E-state index in [4.69, 9.17) is 11.5 Å². The Morgan fingerprint density at radius 2 is 1.67 bits per heavy atom. The van der Waals surface area contributed by atoms with E-state index in [-0.39, 0.29) is 30.9 Å². The minimum Gasteiger partial charge on any atom is -0.508 e. The number of aromatic hydroxyl groups is 1. The summed E-state index contributed by atoms with van der Waals surface area (Å²) < 4.78 is 0. The summed E-state index contributed by atoms with van der Waals surface area (Å²) in [5.74, 6) is -3.48. The van der Waals surface area contributed by atoms with Crippen molar-refractivity contribution in [2.45, 2.75) is 57.7 Å². The lowest BCUT2D eigenvalue weighted by Crippen LogP contribution is -2.56. The molecule has 4 atom stereocenters. The van der Waals surface area contributed by atoms with Crippen molar-refractivity contribution in [3.05, 3.63) is 29.8 Å². The van der Waals surface area contributed by atoms with Crippen molar-refractivity contribution in [3.8, 4) is 5.75 Å². The quantitative estimate of drug-likeness (QED) is 0.265. The van der Waals surface area contributed by atoms with Crippen molar-refractivity contribution >= 4 is 23.7 Å². The molecule has 3 amide bonds. The van der Waals surface area contributed by atoms with Crippen LogP contribution in [-0.4, -0.2) is 52.0 Å². The average molecular weight is 422 g/mol. The maximum absolute atomic E-state index is 12.6. The van der Waals surface area contributed by atoms with Crippen LogP contribution in [0.5, 0.6) is 5.75 Å². The van der Waals surface area contributed by atoms with Crippen LogP contribution >= 0.6 is 0 Å². The van der Waals surface area contributed by atoms with Crippen LogP contribution in [0.1, 0.15) is 38.7 Å². The Balaban J connectivity index is 2.85. The Labute approximate surface area is 175 Å². The molecule has 10 nitrogen and oxygen atoms in total. The Morgan fingerprint density at radius 3 is 2.17 bits per heavy atom. The zero-order chi connectivity index (χ0) is 22.8. The van der Waals surface area contributed by atoms with Crippen LogP contribution in [0.25, 0.3) is 0 Å². The van der Waals surface area contributed by atoms with Gasteiger partial charge < -0.3 is 32.3 Å². The molecule has 0 spiro atoms. The van der Waals surface area contributed by atoms with Crippen molar-refractivity contribution in [1.29, 1.82) is 0 Å².